The zero-order valence-corrected chi connectivity index (χ0v) is 16.7. The van der Waals surface area contributed by atoms with E-state index in [2.05, 4.69) is 9.24 Å². The van der Waals surface area contributed by atoms with E-state index in [0.717, 1.165) is 4.90 Å². The lowest BCUT2D eigenvalue weighted by atomic mass is 10.2. The van der Waals surface area contributed by atoms with Gasteiger partial charge in [0, 0.05) is 17.0 Å². The van der Waals surface area contributed by atoms with Crippen molar-refractivity contribution in [2.45, 2.75) is 44.9 Å². The molecule has 0 saturated carbocycles. The van der Waals surface area contributed by atoms with E-state index in [0.29, 0.717) is 15.9 Å². The van der Waals surface area contributed by atoms with Gasteiger partial charge in [-0.1, -0.05) is 11.6 Å². The van der Waals surface area contributed by atoms with Gasteiger partial charge in [0.05, 0.1) is 6.54 Å². The minimum atomic E-state index is -1.13. The first kappa shape index (κ1) is 20.5. The summed E-state index contributed by atoms with van der Waals surface area (Å²) in [6.45, 7) is 5.16. The topological polar surface area (TPSA) is 99.9 Å². The molecule has 1 aliphatic heterocycles. The van der Waals surface area contributed by atoms with E-state index in [-0.39, 0.29) is 18.9 Å². The van der Waals surface area contributed by atoms with E-state index < -0.39 is 29.8 Å². The number of rotatable bonds is 3. The van der Waals surface area contributed by atoms with Gasteiger partial charge in [-0.3, -0.25) is 10.3 Å². The molecule has 2 rings (SSSR count). The molecule has 1 saturated heterocycles. The number of likely N-dealkylation sites (tertiary alicyclic amines) is 1. The molecule has 1 unspecified atom stereocenters. The Bertz CT molecular complexity index is 734. The molecule has 1 aromatic carbocycles. The predicted octanol–water partition coefficient (Wildman–Crippen LogP) is 2.64. The van der Waals surface area contributed by atoms with Crippen molar-refractivity contribution in [1.29, 1.82) is 5.41 Å². The summed E-state index contributed by atoms with van der Waals surface area (Å²) in [7, 11) is 2.48. The van der Waals surface area contributed by atoms with Gasteiger partial charge in [0.2, 0.25) is 5.90 Å². The number of ether oxygens (including phenoxy) is 2. The number of carbonyl (C=O) groups excluding carboxylic acids is 1. The van der Waals surface area contributed by atoms with Crippen LogP contribution >= 0.6 is 20.8 Å². The molecular weight excluding hydrogens is 379 g/mol. The summed E-state index contributed by atoms with van der Waals surface area (Å²) in [5.41, 5.74) is -0.203. The van der Waals surface area contributed by atoms with Crippen LogP contribution in [0.25, 0.3) is 0 Å². The highest BCUT2D eigenvalue weighted by molar-refractivity contribution is 7.27. The van der Waals surface area contributed by atoms with Crippen molar-refractivity contribution in [2.75, 3.05) is 6.54 Å². The maximum Gasteiger partial charge on any atom is 0.411 e. The number of halogens is 1. The minimum Gasteiger partial charge on any atom is -0.480 e. The van der Waals surface area contributed by atoms with Crippen molar-refractivity contribution >= 4 is 44.1 Å². The fourth-order valence-corrected chi connectivity index (χ4v) is 3.30. The summed E-state index contributed by atoms with van der Waals surface area (Å²) in [6, 6.07) is 3.93. The molecule has 9 heteroatoms. The Morgan fingerprint density at radius 1 is 1.38 bits per heavy atom. The van der Waals surface area contributed by atoms with Gasteiger partial charge in [0.1, 0.15) is 17.7 Å². The summed E-state index contributed by atoms with van der Waals surface area (Å²) in [4.78, 5) is 24.9. The molecule has 0 aromatic heterocycles. The van der Waals surface area contributed by atoms with Crippen molar-refractivity contribution in [3.63, 3.8) is 0 Å². The number of nitrogens with zero attached hydrogens (tertiary/aromatic N) is 1. The van der Waals surface area contributed by atoms with Crippen LogP contribution in [0.1, 0.15) is 32.8 Å². The molecule has 0 bridgehead atoms. The maximum absolute atomic E-state index is 12.3. The van der Waals surface area contributed by atoms with Crippen LogP contribution in [0.15, 0.2) is 18.2 Å². The molecule has 2 N–H and O–H groups in total. The molecule has 7 nitrogen and oxygen atoms in total. The first-order valence-electron chi connectivity index (χ1n) is 8.01. The fourth-order valence-electron chi connectivity index (χ4n) is 2.61. The van der Waals surface area contributed by atoms with E-state index in [1.54, 1.807) is 39.0 Å². The van der Waals surface area contributed by atoms with Crippen LogP contribution in [0.3, 0.4) is 0 Å². The van der Waals surface area contributed by atoms with Crippen LogP contribution in [0.2, 0.25) is 5.02 Å². The second kappa shape index (κ2) is 7.80. The predicted molar refractivity (Wildman–Crippen MR) is 101 cm³/mol. The molecule has 1 fully saturated rings. The normalized spacial score (nSPS) is 20.0. The minimum absolute atomic E-state index is 0.0358. The van der Waals surface area contributed by atoms with Gasteiger partial charge < -0.3 is 14.6 Å². The number of hydrogen-bond acceptors (Lipinski definition) is 5. The van der Waals surface area contributed by atoms with Crippen LogP contribution in [0.5, 0.6) is 0 Å². The van der Waals surface area contributed by atoms with Crippen LogP contribution < -0.4 is 5.30 Å². The molecule has 1 aromatic rings. The van der Waals surface area contributed by atoms with Crippen molar-refractivity contribution in [1.82, 2.24) is 4.90 Å². The third-order valence-electron chi connectivity index (χ3n) is 3.72. The third kappa shape index (κ3) is 5.08. The summed E-state index contributed by atoms with van der Waals surface area (Å²) in [5.74, 6) is -1.24. The van der Waals surface area contributed by atoms with Gasteiger partial charge in [-0.05, 0) is 44.3 Å². The molecule has 3 atom stereocenters. The lowest BCUT2D eigenvalue weighted by Crippen LogP contribution is -2.43. The summed E-state index contributed by atoms with van der Waals surface area (Å²) in [6.07, 6.45) is -1.24. The Hall–Kier alpha value is -1.85. The highest BCUT2D eigenvalue weighted by Crippen LogP contribution is 2.24. The quantitative estimate of drug-likeness (QED) is 0.461. The highest BCUT2D eigenvalue weighted by atomic mass is 35.5. The third-order valence-corrected chi connectivity index (χ3v) is 4.43. The number of carboxylic acid groups (broad SMARTS) is 1. The molecule has 1 amide bonds. The molecule has 0 radical (unpaired) electrons. The van der Waals surface area contributed by atoms with E-state index in [1.165, 1.54) is 0 Å². The molecule has 142 valence electrons. The Morgan fingerprint density at radius 3 is 2.58 bits per heavy atom. The Morgan fingerprint density at radius 2 is 2.04 bits per heavy atom. The largest absolute Gasteiger partial charge is 0.480 e. The average Bonchev–Trinajstić information content (AvgIpc) is 2.89. The second-order valence-corrected chi connectivity index (χ2v) is 8.08. The molecule has 1 aliphatic rings. The Balaban J connectivity index is 2.10. The van der Waals surface area contributed by atoms with Gasteiger partial charge in [-0.2, -0.15) is 0 Å². The summed E-state index contributed by atoms with van der Waals surface area (Å²) in [5, 5.41) is 18.8. The van der Waals surface area contributed by atoms with Gasteiger partial charge >= 0.3 is 12.1 Å². The molecule has 0 aliphatic carbocycles. The van der Waals surface area contributed by atoms with Crippen LogP contribution in [0.4, 0.5) is 4.79 Å². The zero-order chi connectivity index (χ0) is 19.6. The summed E-state index contributed by atoms with van der Waals surface area (Å²) >= 11 is 5.90. The first-order valence-corrected chi connectivity index (χ1v) is 8.96. The van der Waals surface area contributed by atoms with Crippen molar-refractivity contribution in [3.8, 4) is 0 Å². The Labute approximate surface area is 159 Å². The fraction of sp³-hybridized carbons (Fsp3) is 0.471. The van der Waals surface area contributed by atoms with Crippen molar-refractivity contribution in [2.24, 2.45) is 0 Å². The standard InChI is InChI=1S/C17H22ClN2O5P/c1-17(2,3)25-16(23)20-8-10(7-12(20)15(21)22)24-14(19)11-5-4-9(18)6-13(11)26/h4-6,10,12,19H,7-8,26H2,1-3H3,(H,21,22)/t10-,12+/m1/s1. The number of hydrogen-bond donors (Lipinski definition) is 2. The molecule has 1 heterocycles. The van der Waals surface area contributed by atoms with Crippen LogP contribution in [-0.2, 0) is 14.3 Å². The van der Waals surface area contributed by atoms with Gasteiger partial charge in [-0.15, -0.1) is 9.24 Å². The SMILES string of the molecule is CC(C)(C)OC(=O)N1C[C@H](OC(=N)c2ccc(Cl)cc2P)C[C@H]1C(=O)O. The number of amides is 1. The van der Waals surface area contributed by atoms with Crippen LogP contribution in [0, 0.1) is 5.41 Å². The second-order valence-electron chi connectivity index (χ2n) is 7.02. The van der Waals surface area contributed by atoms with E-state index in [4.69, 9.17) is 26.5 Å². The summed E-state index contributed by atoms with van der Waals surface area (Å²) < 4.78 is 10.9. The van der Waals surface area contributed by atoms with E-state index in [9.17, 15) is 14.7 Å². The number of aliphatic carboxylic acids is 1. The molecule has 26 heavy (non-hydrogen) atoms. The maximum atomic E-state index is 12.3. The molecule has 0 spiro atoms. The van der Waals surface area contributed by atoms with Gasteiger partial charge in [0.25, 0.3) is 0 Å². The van der Waals surface area contributed by atoms with Gasteiger partial charge in [-0.25, -0.2) is 9.59 Å². The number of carboxylic acids is 1. The average molecular weight is 401 g/mol. The number of carbonyl (C=O) groups is 2. The number of nitrogens with one attached hydrogen (secondary N) is 1. The van der Waals surface area contributed by atoms with Crippen molar-refractivity contribution < 1.29 is 24.2 Å². The first-order chi connectivity index (χ1) is 12.0. The van der Waals surface area contributed by atoms with E-state index in [1.807, 2.05) is 0 Å². The lowest BCUT2D eigenvalue weighted by molar-refractivity contribution is -0.142. The number of benzene rings is 1. The highest BCUT2D eigenvalue weighted by Gasteiger charge is 2.43. The zero-order valence-electron chi connectivity index (χ0n) is 14.8. The van der Waals surface area contributed by atoms with Crippen molar-refractivity contribution in [3.05, 3.63) is 28.8 Å². The Kier molecular flexibility index (Phi) is 6.14. The smallest absolute Gasteiger partial charge is 0.411 e. The van der Waals surface area contributed by atoms with Gasteiger partial charge in [0.15, 0.2) is 0 Å². The lowest BCUT2D eigenvalue weighted by Gasteiger charge is -2.26. The monoisotopic (exact) mass is 400 g/mol. The van der Waals surface area contributed by atoms with E-state index >= 15 is 0 Å². The molecular formula is C17H22ClN2O5P. The van der Waals surface area contributed by atoms with Crippen LogP contribution in [-0.4, -0.2) is 52.3 Å².